The van der Waals surface area contributed by atoms with Crippen molar-refractivity contribution in [1.29, 1.82) is 5.26 Å². The van der Waals surface area contributed by atoms with Crippen LogP contribution in [0.5, 0.6) is 0 Å². The maximum Gasteiger partial charge on any atom is 0.265 e. The molecule has 24 heavy (non-hydrogen) atoms. The van der Waals surface area contributed by atoms with Crippen molar-refractivity contribution >= 4 is 5.91 Å². The summed E-state index contributed by atoms with van der Waals surface area (Å²) in [6.45, 7) is 2.26. The number of carbonyl (C=O) groups is 1. The topological polar surface area (TPSA) is 59.4 Å². The highest BCUT2D eigenvalue weighted by molar-refractivity contribution is 5.97. The number of hydrogen-bond donors (Lipinski definition) is 1. The van der Waals surface area contributed by atoms with E-state index < -0.39 is 0 Å². The van der Waals surface area contributed by atoms with Gasteiger partial charge in [-0.1, -0.05) is 12.1 Å². The summed E-state index contributed by atoms with van der Waals surface area (Å²) in [5.74, 6) is -0.587. The molecule has 1 fully saturated rings. The van der Waals surface area contributed by atoms with Crippen LogP contribution in [0, 0.1) is 17.1 Å². The van der Waals surface area contributed by atoms with Gasteiger partial charge >= 0.3 is 0 Å². The predicted molar refractivity (Wildman–Crippen MR) is 90.2 cm³/mol. The maximum absolute atomic E-state index is 13.1. The summed E-state index contributed by atoms with van der Waals surface area (Å²) >= 11 is 0. The number of nitrogens with one attached hydrogen (secondary N) is 1. The highest BCUT2D eigenvalue weighted by atomic mass is 19.1. The summed E-state index contributed by atoms with van der Waals surface area (Å²) < 4.78 is 13.1. The number of nitrogens with zero attached hydrogens (tertiary/aromatic N) is 3. The fourth-order valence-corrected chi connectivity index (χ4v) is 2.80. The number of likely N-dealkylation sites (tertiary alicyclic amines) is 1. The minimum absolute atomic E-state index is 0.0628. The van der Waals surface area contributed by atoms with E-state index in [4.69, 9.17) is 0 Å². The minimum Gasteiger partial charge on any atom is -0.386 e. The van der Waals surface area contributed by atoms with Crippen molar-refractivity contribution in [2.24, 2.45) is 0 Å². The first-order valence-electron chi connectivity index (χ1n) is 8.05. The Bertz CT molecular complexity index is 645. The van der Waals surface area contributed by atoms with E-state index in [2.05, 4.69) is 17.3 Å². The molecule has 0 aliphatic carbocycles. The number of nitriles is 1. The molecule has 128 valence electrons. The Morgan fingerprint density at radius 1 is 1.50 bits per heavy atom. The molecule has 1 saturated heterocycles. The first-order valence-corrected chi connectivity index (χ1v) is 8.05. The third-order valence-electron chi connectivity index (χ3n) is 4.35. The number of hydrogen-bond acceptors (Lipinski definition) is 4. The number of likely N-dealkylation sites (N-methyl/N-ethyl adjacent to an activating group) is 1. The summed E-state index contributed by atoms with van der Waals surface area (Å²) in [6.07, 6.45) is 3.24. The lowest BCUT2D eigenvalue weighted by Crippen LogP contribution is -2.45. The van der Waals surface area contributed by atoms with E-state index >= 15 is 0 Å². The predicted octanol–water partition coefficient (Wildman–Crippen LogP) is 1.88. The first-order chi connectivity index (χ1) is 11.5. The molecule has 1 aromatic carbocycles. The molecule has 0 spiro atoms. The molecule has 0 unspecified atom stereocenters. The highest BCUT2D eigenvalue weighted by Crippen LogP contribution is 2.16. The number of rotatable bonds is 5. The molecule has 0 bridgehead atoms. The Balaban J connectivity index is 1.94. The van der Waals surface area contributed by atoms with Gasteiger partial charge in [-0.25, -0.2) is 4.39 Å². The van der Waals surface area contributed by atoms with Gasteiger partial charge in [-0.15, -0.1) is 0 Å². The lowest BCUT2D eigenvalue weighted by molar-refractivity contribution is -0.128. The molecule has 1 amide bonds. The van der Waals surface area contributed by atoms with E-state index in [0.29, 0.717) is 6.54 Å². The molecule has 5 nitrogen and oxygen atoms in total. The van der Waals surface area contributed by atoms with Crippen molar-refractivity contribution in [1.82, 2.24) is 15.1 Å². The van der Waals surface area contributed by atoms with Gasteiger partial charge in [0.05, 0.1) is 0 Å². The average molecular weight is 330 g/mol. The minimum atomic E-state index is -0.308. The Hall–Kier alpha value is -2.39. The molecule has 0 atom stereocenters. The summed E-state index contributed by atoms with van der Waals surface area (Å²) in [5, 5.41) is 12.2. The molecule has 1 N–H and O–H groups in total. The van der Waals surface area contributed by atoms with Crippen molar-refractivity contribution in [3.63, 3.8) is 0 Å². The number of carbonyl (C=O) groups excluding carboxylic acids is 1. The van der Waals surface area contributed by atoms with Crippen LogP contribution >= 0.6 is 0 Å². The van der Waals surface area contributed by atoms with E-state index in [0.717, 1.165) is 31.5 Å². The molecule has 0 radical (unpaired) electrons. The number of benzene rings is 1. The fourth-order valence-electron chi connectivity index (χ4n) is 2.80. The van der Waals surface area contributed by atoms with Crippen LogP contribution in [0.1, 0.15) is 18.4 Å². The smallest absolute Gasteiger partial charge is 0.265 e. The van der Waals surface area contributed by atoms with Crippen LogP contribution in [0.3, 0.4) is 0 Å². The zero-order valence-electron chi connectivity index (χ0n) is 14.1. The van der Waals surface area contributed by atoms with Gasteiger partial charge in [0.2, 0.25) is 0 Å². The molecular weight excluding hydrogens is 307 g/mol. The van der Waals surface area contributed by atoms with E-state index in [9.17, 15) is 14.4 Å². The Morgan fingerprint density at radius 2 is 2.21 bits per heavy atom. The number of halogens is 1. The Morgan fingerprint density at radius 3 is 2.83 bits per heavy atom. The van der Waals surface area contributed by atoms with Crippen LogP contribution in [0.4, 0.5) is 4.39 Å². The third-order valence-corrected chi connectivity index (χ3v) is 4.35. The third kappa shape index (κ3) is 4.80. The molecule has 0 saturated carbocycles. The lowest BCUT2D eigenvalue weighted by Gasteiger charge is -2.34. The van der Waals surface area contributed by atoms with Crippen molar-refractivity contribution in [3.05, 3.63) is 47.4 Å². The fraction of sp³-hybridized carbons (Fsp3) is 0.444. The summed E-state index contributed by atoms with van der Waals surface area (Å²) in [5.41, 5.74) is 0.812. The molecule has 6 heteroatoms. The van der Waals surface area contributed by atoms with Gasteiger partial charge in [-0.2, -0.15) is 5.26 Å². The van der Waals surface area contributed by atoms with E-state index in [1.165, 1.54) is 18.3 Å². The molecule has 1 aliphatic rings. The SMILES string of the molecule is CN1CCC(N(C)C(=O)/C(C#N)=C\NCc2cccc(F)c2)CC1. The van der Waals surface area contributed by atoms with Crippen LogP contribution in [-0.4, -0.2) is 48.9 Å². The first kappa shape index (κ1) is 18.0. The van der Waals surface area contributed by atoms with E-state index in [-0.39, 0.29) is 23.3 Å². The van der Waals surface area contributed by atoms with Crippen molar-refractivity contribution in [3.8, 4) is 6.07 Å². The average Bonchev–Trinajstić information content (AvgIpc) is 2.58. The van der Waals surface area contributed by atoms with Crippen LogP contribution in [0.15, 0.2) is 36.0 Å². The monoisotopic (exact) mass is 330 g/mol. The van der Waals surface area contributed by atoms with E-state index in [1.807, 2.05) is 6.07 Å². The Labute approximate surface area is 142 Å². The molecular formula is C18H23FN4O. The van der Waals surface area contributed by atoms with Crippen LogP contribution in [-0.2, 0) is 11.3 Å². The molecule has 1 heterocycles. The normalized spacial score (nSPS) is 16.5. The largest absolute Gasteiger partial charge is 0.386 e. The van der Waals surface area contributed by atoms with Crippen molar-refractivity contribution < 1.29 is 9.18 Å². The Kier molecular flexibility index (Phi) is 6.33. The highest BCUT2D eigenvalue weighted by Gasteiger charge is 2.25. The zero-order chi connectivity index (χ0) is 17.5. The maximum atomic E-state index is 13.1. The van der Waals surface area contributed by atoms with Gasteiger partial charge in [0.15, 0.2) is 0 Å². The molecule has 0 aromatic heterocycles. The second-order valence-corrected chi connectivity index (χ2v) is 6.13. The summed E-state index contributed by atoms with van der Waals surface area (Å²) in [6, 6.07) is 8.31. The molecule has 1 aromatic rings. The van der Waals surface area contributed by atoms with Crippen LogP contribution < -0.4 is 5.32 Å². The number of amides is 1. The van der Waals surface area contributed by atoms with Crippen LogP contribution in [0.25, 0.3) is 0 Å². The van der Waals surface area contributed by atoms with Gasteiger partial charge < -0.3 is 15.1 Å². The van der Waals surface area contributed by atoms with Crippen molar-refractivity contribution in [2.75, 3.05) is 27.2 Å². The van der Waals surface area contributed by atoms with Gasteiger partial charge in [0.1, 0.15) is 17.5 Å². The quantitative estimate of drug-likeness (QED) is 0.661. The molecule has 1 aliphatic heterocycles. The second kappa shape index (κ2) is 8.46. The molecule has 2 rings (SSSR count). The van der Waals surface area contributed by atoms with Gasteiger partial charge in [0, 0.05) is 25.8 Å². The van der Waals surface area contributed by atoms with Gasteiger partial charge in [-0.05, 0) is 50.7 Å². The zero-order valence-corrected chi connectivity index (χ0v) is 14.1. The number of piperidine rings is 1. The summed E-state index contributed by atoms with van der Waals surface area (Å²) in [7, 11) is 3.81. The lowest BCUT2D eigenvalue weighted by atomic mass is 10.0. The summed E-state index contributed by atoms with van der Waals surface area (Å²) in [4.78, 5) is 16.4. The van der Waals surface area contributed by atoms with Crippen molar-refractivity contribution in [2.45, 2.75) is 25.4 Å². The van der Waals surface area contributed by atoms with Crippen LogP contribution in [0.2, 0.25) is 0 Å². The van der Waals surface area contributed by atoms with Gasteiger partial charge in [0.25, 0.3) is 5.91 Å². The van der Waals surface area contributed by atoms with E-state index in [1.54, 1.807) is 24.1 Å². The van der Waals surface area contributed by atoms with Gasteiger partial charge in [-0.3, -0.25) is 4.79 Å². The standard InChI is InChI=1S/C18H23FN4O/c1-22-8-6-17(7-9-22)23(2)18(24)15(11-20)13-21-12-14-4-3-5-16(19)10-14/h3-5,10,13,17,21H,6-9,12H2,1-2H3/b15-13-. The second-order valence-electron chi connectivity index (χ2n) is 6.13.